The van der Waals surface area contributed by atoms with Gasteiger partial charge in [0.2, 0.25) is 5.88 Å². The molecule has 3 rings (SSSR count). The van der Waals surface area contributed by atoms with Crippen molar-refractivity contribution in [3.05, 3.63) is 57.3 Å². The van der Waals surface area contributed by atoms with E-state index in [1.54, 1.807) is 18.3 Å². The number of halogens is 2. The molecule has 114 valence electrons. The van der Waals surface area contributed by atoms with Crippen molar-refractivity contribution in [2.24, 2.45) is 0 Å². The Balaban J connectivity index is 2.09. The molecule has 0 saturated heterocycles. The standard InChI is InChI=1S/C16H15Cl2N3O/c1-2-3-14-11(8-10-4-5-12(17)13(18)9-10)16(22)21-15(20-14)6-7-19-21/h4-7,9,22H,2-3,8H2,1H3. The number of aromatic nitrogens is 3. The maximum absolute atomic E-state index is 10.5. The molecule has 0 bridgehead atoms. The van der Waals surface area contributed by atoms with Gasteiger partial charge in [-0.3, -0.25) is 0 Å². The largest absolute Gasteiger partial charge is 0.493 e. The van der Waals surface area contributed by atoms with Crippen molar-refractivity contribution in [3.8, 4) is 5.88 Å². The highest BCUT2D eigenvalue weighted by molar-refractivity contribution is 6.42. The zero-order valence-electron chi connectivity index (χ0n) is 12.1. The van der Waals surface area contributed by atoms with Crippen LogP contribution in [0.15, 0.2) is 30.5 Å². The molecule has 3 aromatic rings. The van der Waals surface area contributed by atoms with Crippen LogP contribution in [-0.4, -0.2) is 19.7 Å². The second-order valence-electron chi connectivity index (χ2n) is 5.14. The number of aryl methyl sites for hydroxylation is 1. The van der Waals surface area contributed by atoms with Gasteiger partial charge in [-0.2, -0.15) is 9.61 Å². The second kappa shape index (κ2) is 6.15. The van der Waals surface area contributed by atoms with Gasteiger partial charge in [0.25, 0.3) is 0 Å². The average Bonchev–Trinajstić information content (AvgIpc) is 2.95. The minimum absolute atomic E-state index is 0.129. The van der Waals surface area contributed by atoms with Gasteiger partial charge < -0.3 is 5.11 Å². The summed E-state index contributed by atoms with van der Waals surface area (Å²) in [5.41, 5.74) is 3.28. The number of hydrogen-bond donors (Lipinski definition) is 1. The molecule has 0 atom stereocenters. The number of aromatic hydroxyl groups is 1. The van der Waals surface area contributed by atoms with E-state index < -0.39 is 0 Å². The van der Waals surface area contributed by atoms with Crippen molar-refractivity contribution in [3.63, 3.8) is 0 Å². The van der Waals surface area contributed by atoms with Gasteiger partial charge in [-0.1, -0.05) is 42.6 Å². The van der Waals surface area contributed by atoms with Crippen molar-refractivity contribution in [1.82, 2.24) is 14.6 Å². The number of rotatable bonds is 4. The minimum atomic E-state index is 0.129. The maximum atomic E-state index is 10.5. The third-order valence-electron chi connectivity index (χ3n) is 3.54. The molecule has 0 radical (unpaired) electrons. The van der Waals surface area contributed by atoms with Gasteiger partial charge in [0.15, 0.2) is 5.65 Å². The third-order valence-corrected chi connectivity index (χ3v) is 4.28. The van der Waals surface area contributed by atoms with Crippen LogP contribution in [0.1, 0.15) is 30.2 Å². The van der Waals surface area contributed by atoms with Crippen molar-refractivity contribution < 1.29 is 5.11 Å². The van der Waals surface area contributed by atoms with E-state index in [2.05, 4.69) is 17.0 Å². The smallest absolute Gasteiger partial charge is 0.219 e. The molecular weight excluding hydrogens is 321 g/mol. The van der Waals surface area contributed by atoms with Crippen molar-refractivity contribution in [2.75, 3.05) is 0 Å². The Kier molecular flexibility index (Phi) is 4.23. The Morgan fingerprint density at radius 2 is 2.00 bits per heavy atom. The molecule has 1 aromatic carbocycles. The molecule has 0 aliphatic rings. The molecule has 4 nitrogen and oxygen atoms in total. The molecule has 0 unspecified atom stereocenters. The second-order valence-corrected chi connectivity index (χ2v) is 5.95. The van der Waals surface area contributed by atoms with E-state index in [-0.39, 0.29) is 5.88 Å². The molecule has 6 heteroatoms. The van der Waals surface area contributed by atoms with Crippen LogP contribution in [0.4, 0.5) is 0 Å². The molecule has 0 aliphatic heterocycles. The lowest BCUT2D eigenvalue weighted by atomic mass is 10.0. The van der Waals surface area contributed by atoms with Crippen LogP contribution in [0.5, 0.6) is 5.88 Å². The zero-order valence-corrected chi connectivity index (χ0v) is 13.6. The summed E-state index contributed by atoms with van der Waals surface area (Å²) >= 11 is 12.0. The monoisotopic (exact) mass is 335 g/mol. The van der Waals surface area contributed by atoms with Crippen LogP contribution < -0.4 is 0 Å². The van der Waals surface area contributed by atoms with Crippen molar-refractivity contribution in [2.45, 2.75) is 26.2 Å². The predicted molar refractivity (Wildman–Crippen MR) is 87.9 cm³/mol. The summed E-state index contributed by atoms with van der Waals surface area (Å²) in [5.74, 6) is 0.129. The molecule has 0 spiro atoms. The Morgan fingerprint density at radius 3 is 2.73 bits per heavy atom. The fourth-order valence-electron chi connectivity index (χ4n) is 2.49. The first-order valence-corrected chi connectivity index (χ1v) is 7.84. The highest BCUT2D eigenvalue weighted by atomic mass is 35.5. The fourth-order valence-corrected chi connectivity index (χ4v) is 2.81. The van der Waals surface area contributed by atoms with Gasteiger partial charge in [0.05, 0.1) is 21.9 Å². The molecule has 0 amide bonds. The summed E-state index contributed by atoms with van der Waals surface area (Å²) in [4.78, 5) is 4.60. The molecular formula is C16H15Cl2N3O. The van der Waals surface area contributed by atoms with Crippen molar-refractivity contribution in [1.29, 1.82) is 0 Å². The molecule has 0 saturated carbocycles. The first-order valence-electron chi connectivity index (χ1n) is 7.08. The summed E-state index contributed by atoms with van der Waals surface area (Å²) in [7, 11) is 0. The van der Waals surface area contributed by atoms with E-state index in [4.69, 9.17) is 23.2 Å². The minimum Gasteiger partial charge on any atom is -0.493 e. The topological polar surface area (TPSA) is 50.4 Å². The molecule has 1 N–H and O–H groups in total. The Bertz CT molecular complexity index is 830. The molecule has 0 aliphatic carbocycles. The average molecular weight is 336 g/mol. The first kappa shape index (κ1) is 15.1. The van der Waals surface area contributed by atoms with Gasteiger partial charge in [0.1, 0.15) is 0 Å². The van der Waals surface area contributed by atoms with Gasteiger partial charge >= 0.3 is 0 Å². The van der Waals surface area contributed by atoms with Gasteiger partial charge in [-0.15, -0.1) is 0 Å². The number of benzene rings is 1. The molecule has 2 heterocycles. The van der Waals surface area contributed by atoms with E-state index in [0.717, 1.165) is 29.7 Å². The Morgan fingerprint density at radius 1 is 1.18 bits per heavy atom. The van der Waals surface area contributed by atoms with Gasteiger partial charge in [-0.25, -0.2) is 4.98 Å². The van der Waals surface area contributed by atoms with E-state index in [1.165, 1.54) is 4.52 Å². The van der Waals surface area contributed by atoms with Crippen LogP contribution in [-0.2, 0) is 12.8 Å². The molecule has 2 aromatic heterocycles. The highest BCUT2D eigenvalue weighted by Crippen LogP contribution is 2.28. The van der Waals surface area contributed by atoms with Crippen LogP contribution >= 0.6 is 23.2 Å². The summed E-state index contributed by atoms with van der Waals surface area (Å²) in [5, 5.41) is 15.7. The van der Waals surface area contributed by atoms with Gasteiger partial charge in [-0.05, 0) is 24.1 Å². The molecule has 0 fully saturated rings. The van der Waals surface area contributed by atoms with Crippen LogP contribution in [0.2, 0.25) is 10.0 Å². The van der Waals surface area contributed by atoms with E-state index >= 15 is 0 Å². The fraction of sp³-hybridized carbons (Fsp3) is 0.250. The van der Waals surface area contributed by atoms with E-state index in [0.29, 0.717) is 22.1 Å². The van der Waals surface area contributed by atoms with E-state index in [1.807, 2.05) is 12.1 Å². The Labute approximate surface area is 138 Å². The lowest BCUT2D eigenvalue weighted by molar-refractivity contribution is 0.427. The Hall–Kier alpha value is -1.78. The third kappa shape index (κ3) is 2.76. The summed E-state index contributed by atoms with van der Waals surface area (Å²) in [6.07, 6.45) is 3.90. The van der Waals surface area contributed by atoms with E-state index in [9.17, 15) is 5.11 Å². The predicted octanol–water partition coefficient (Wildman–Crippen LogP) is 4.29. The SMILES string of the molecule is CCCc1nc2ccnn2c(O)c1Cc1ccc(Cl)c(Cl)c1. The number of fused-ring (bicyclic) bond motifs is 1. The summed E-state index contributed by atoms with van der Waals surface area (Å²) in [6, 6.07) is 7.25. The lowest BCUT2D eigenvalue weighted by Gasteiger charge is -2.12. The first-order chi connectivity index (χ1) is 10.6. The summed E-state index contributed by atoms with van der Waals surface area (Å²) in [6.45, 7) is 2.09. The van der Waals surface area contributed by atoms with Crippen LogP contribution in [0, 0.1) is 0 Å². The normalized spacial score (nSPS) is 11.2. The number of hydrogen-bond acceptors (Lipinski definition) is 3. The molecule has 22 heavy (non-hydrogen) atoms. The maximum Gasteiger partial charge on any atom is 0.219 e. The van der Waals surface area contributed by atoms with Crippen molar-refractivity contribution >= 4 is 28.8 Å². The quantitative estimate of drug-likeness (QED) is 0.773. The van der Waals surface area contributed by atoms with Crippen LogP contribution in [0.3, 0.4) is 0 Å². The van der Waals surface area contributed by atoms with Crippen LogP contribution in [0.25, 0.3) is 5.65 Å². The van der Waals surface area contributed by atoms with Gasteiger partial charge in [0, 0.05) is 18.1 Å². The number of nitrogens with zero attached hydrogens (tertiary/aromatic N) is 3. The lowest BCUT2D eigenvalue weighted by Crippen LogP contribution is -2.05. The zero-order chi connectivity index (χ0) is 15.7. The summed E-state index contributed by atoms with van der Waals surface area (Å²) < 4.78 is 1.45. The highest BCUT2D eigenvalue weighted by Gasteiger charge is 2.15.